The Balaban J connectivity index is 1.32. The molecule has 0 aliphatic carbocycles. The SMILES string of the molecule is COc1ccc(-c2nc3cc(NC(=S)NC(=O)c4sc5cc(Cl)ccc5c4Cl)ccc3o2)cc1Cl. The van der Waals surface area contributed by atoms with Crippen molar-refractivity contribution in [1.29, 1.82) is 0 Å². The van der Waals surface area contributed by atoms with Gasteiger partial charge in [-0.05, 0) is 60.7 Å². The number of carbonyl (C=O) groups excluding carboxylic acids is 1. The summed E-state index contributed by atoms with van der Waals surface area (Å²) in [5, 5.41) is 7.91. The fraction of sp³-hybridized carbons (Fsp3) is 0.0417. The molecule has 2 aromatic heterocycles. The number of nitrogens with zero attached hydrogens (tertiary/aromatic N) is 1. The van der Waals surface area contributed by atoms with Gasteiger partial charge in [-0.25, -0.2) is 4.98 Å². The molecule has 0 radical (unpaired) electrons. The lowest BCUT2D eigenvalue weighted by atomic mass is 10.2. The van der Waals surface area contributed by atoms with Crippen LogP contribution < -0.4 is 15.4 Å². The van der Waals surface area contributed by atoms with E-state index in [4.69, 9.17) is 56.2 Å². The van der Waals surface area contributed by atoms with Crippen LogP contribution >= 0.6 is 58.4 Å². The number of thiocarbonyl (C=S) groups is 1. The molecular formula is C24H14Cl3N3O3S2. The molecule has 2 heterocycles. The zero-order valence-electron chi connectivity index (χ0n) is 17.8. The van der Waals surface area contributed by atoms with E-state index < -0.39 is 5.91 Å². The average Bonchev–Trinajstić information content (AvgIpc) is 3.39. The minimum Gasteiger partial charge on any atom is -0.495 e. The van der Waals surface area contributed by atoms with E-state index >= 15 is 0 Å². The number of thiophene rings is 1. The van der Waals surface area contributed by atoms with Gasteiger partial charge in [-0.1, -0.05) is 40.9 Å². The van der Waals surface area contributed by atoms with Crippen molar-refractivity contribution in [2.75, 3.05) is 12.4 Å². The number of fused-ring (bicyclic) bond motifs is 2. The number of rotatable bonds is 4. The fourth-order valence-corrected chi connectivity index (χ4v) is 5.59. The van der Waals surface area contributed by atoms with E-state index in [2.05, 4.69) is 15.6 Å². The van der Waals surface area contributed by atoms with Crippen molar-refractivity contribution in [1.82, 2.24) is 10.3 Å². The Morgan fingerprint density at radius 2 is 1.91 bits per heavy atom. The van der Waals surface area contributed by atoms with Gasteiger partial charge < -0.3 is 14.5 Å². The van der Waals surface area contributed by atoms with Crippen LogP contribution in [-0.4, -0.2) is 23.1 Å². The molecule has 176 valence electrons. The van der Waals surface area contributed by atoms with Crippen LogP contribution in [0.3, 0.4) is 0 Å². The second-order valence-electron chi connectivity index (χ2n) is 7.34. The minimum absolute atomic E-state index is 0.117. The third-order valence-corrected chi connectivity index (χ3v) is 7.46. The molecule has 1 amide bonds. The van der Waals surface area contributed by atoms with Crippen molar-refractivity contribution >= 4 is 96.3 Å². The fourth-order valence-electron chi connectivity index (χ4n) is 3.44. The van der Waals surface area contributed by atoms with Crippen LogP contribution in [0.2, 0.25) is 15.1 Å². The highest BCUT2D eigenvalue weighted by Gasteiger charge is 2.19. The molecule has 0 aliphatic heterocycles. The Bertz CT molecular complexity index is 1630. The molecule has 2 N–H and O–H groups in total. The van der Waals surface area contributed by atoms with E-state index in [0.29, 0.717) is 53.9 Å². The molecule has 6 nitrogen and oxygen atoms in total. The molecule has 5 rings (SSSR count). The Morgan fingerprint density at radius 1 is 1.09 bits per heavy atom. The van der Waals surface area contributed by atoms with Gasteiger partial charge in [-0.2, -0.15) is 0 Å². The molecule has 0 aliphatic rings. The summed E-state index contributed by atoms with van der Waals surface area (Å²) in [6.07, 6.45) is 0. The first-order chi connectivity index (χ1) is 16.8. The van der Waals surface area contributed by atoms with Crippen molar-refractivity contribution < 1.29 is 13.9 Å². The van der Waals surface area contributed by atoms with Crippen LogP contribution in [0.5, 0.6) is 5.75 Å². The second-order valence-corrected chi connectivity index (χ2v) is 10.0. The van der Waals surface area contributed by atoms with Crippen LogP contribution in [0.4, 0.5) is 5.69 Å². The molecule has 5 aromatic rings. The normalized spacial score (nSPS) is 11.1. The first-order valence-corrected chi connectivity index (χ1v) is 12.4. The molecular weight excluding hydrogens is 549 g/mol. The van der Waals surface area contributed by atoms with Gasteiger partial charge in [0, 0.05) is 26.4 Å². The molecule has 3 aromatic carbocycles. The van der Waals surface area contributed by atoms with Gasteiger partial charge in [0.2, 0.25) is 5.89 Å². The van der Waals surface area contributed by atoms with Gasteiger partial charge in [0.05, 0.1) is 17.2 Å². The van der Waals surface area contributed by atoms with Crippen LogP contribution in [0.15, 0.2) is 59.0 Å². The molecule has 11 heteroatoms. The van der Waals surface area contributed by atoms with Crippen molar-refractivity contribution in [2.45, 2.75) is 0 Å². The first kappa shape index (κ1) is 23.8. The highest BCUT2D eigenvalue weighted by Crippen LogP contribution is 2.37. The molecule has 35 heavy (non-hydrogen) atoms. The van der Waals surface area contributed by atoms with E-state index in [-0.39, 0.29) is 5.11 Å². The summed E-state index contributed by atoms with van der Waals surface area (Å²) in [6.45, 7) is 0. The van der Waals surface area contributed by atoms with Gasteiger partial charge in [0.1, 0.15) is 16.1 Å². The molecule has 0 bridgehead atoms. The maximum atomic E-state index is 12.8. The van der Waals surface area contributed by atoms with Gasteiger partial charge >= 0.3 is 0 Å². The standard InChI is InChI=1S/C24H14Cl3N3O3S2/c1-32-17-6-2-11(8-15(17)26)23-29-16-10-13(4-7-18(16)33-23)28-24(34)30-22(31)21-20(27)14-5-3-12(25)9-19(14)35-21/h2-10H,1H3,(H2,28,30,31,34). The van der Waals surface area contributed by atoms with Gasteiger partial charge in [0.25, 0.3) is 5.91 Å². The number of anilines is 1. The number of oxazole rings is 1. The van der Waals surface area contributed by atoms with E-state index in [9.17, 15) is 4.79 Å². The highest BCUT2D eigenvalue weighted by molar-refractivity contribution is 7.80. The van der Waals surface area contributed by atoms with E-state index in [1.807, 2.05) is 6.07 Å². The van der Waals surface area contributed by atoms with Gasteiger partial charge in [0.15, 0.2) is 10.7 Å². The van der Waals surface area contributed by atoms with E-state index in [1.165, 1.54) is 11.3 Å². The Hall–Kier alpha value is -2.88. The zero-order chi connectivity index (χ0) is 24.7. The van der Waals surface area contributed by atoms with Crippen molar-refractivity contribution in [3.05, 3.63) is 74.5 Å². The summed E-state index contributed by atoms with van der Waals surface area (Å²) in [5.74, 6) is 0.567. The molecule has 0 saturated heterocycles. The maximum Gasteiger partial charge on any atom is 0.269 e. The second kappa shape index (κ2) is 9.64. The predicted molar refractivity (Wildman–Crippen MR) is 147 cm³/mol. The van der Waals surface area contributed by atoms with E-state index in [1.54, 1.807) is 55.6 Å². The Morgan fingerprint density at radius 3 is 2.69 bits per heavy atom. The van der Waals surface area contributed by atoms with E-state index in [0.717, 1.165) is 10.1 Å². The molecule has 0 saturated carbocycles. The Kier molecular flexibility index (Phi) is 6.57. The van der Waals surface area contributed by atoms with Crippen molar-refractivity contribution in [3.8, 4) is 17.2 Å². The van der Waals surface area contributed by atoms with Crippen LogP contribution in [0.25, 0.3) is 32.6 Å². The number of halogens is 3. The summed E-state index contributed by atoms with van der Waals surface area (Å²) in [5.41, 5.74) is 2.54. The lowest BCUT2D eigenvalue weighted by Crippen LogP contribution is -2.33. The summed E-state index contributed by atoms with van der Waals surface area (Å²) in [4.78, 5) is 17.7. The summed E-state index contributed by atoms with van der Waals surface area (Å²) >= 11 is 25.2. The number of methoxy groups -OCH3 is 1. The molecule has 0 atom stereocenters. The Labute approximate surface area is 223 Å². The van der Waals surface area contributed by atoms with Crippen LogP contribution in [0.1, 0.15) is 9.67 Å². The first-order valence-electron chi connectivity index (χ1n) is 10.1. The van der Waals surface area contributed by atoms with Crippen molar-refractivity contribution in [3.63, 3.8) is 0 Å². The predicted octanol–water partition coefficient (Wildman–Crippen LogP) is 7.81. The third kappa shape index (κ3) is 4.80. The quantitative estimate of drug-likeness (QED) is 0.218. The molecule has 0 fully saturated rings. The van der Waals surface area contributed by atoms with Crippen LogP contribution in [0, 0.1) is 0 Å². The number of hydrogen-bond acceptors (Lipinski definition) is 6. The molecule has 0 unspecified atom stereocenters. The zero-order valence-corrected chi connectivity index (χ0v) is 21.7. The monoisotopic (exact) mass is 561 g/mol. The topological polar surface area (TPSA) is 76.4 Å². The lowest BCUT2D eigenvalue weighted by Gasteiger charge is -2.08. The molecule has 0 spiro atoms. The third-order valence-electron chi connectivity index (χ3n) is 5.07. The average molecular weight is 563 g/mol. The summed E-state index contributed by atoms with van der Waals surface area (Å²) < 4.78 is 11.9. The number of aromatic nitrogens is 1. The highest BCUT2D eigenvalue weighted by atomic mass is 35.5. The number of benzene rings is 3. The summed E-state index contributed by atoms with van der Waals surface area (Å²) in [6, 6.07) is 15.9. The summed E-state index contributed by atoms with van der Waals surface area (Å²) in [7, 11) is 1.55. The minimum atomic E-state index is -0.411. The van der Waals surface area contributed by atoms with Gasteiger partial charge in [-0.15, -0.1) is 11.3 Å². The number of amides is 1. The van der Waals surface area contributed by atoms with Crippen LogP contribution in [-0.2, 0) is 0 Å². The number of carbonyl (C=O) groups is 1. The van der Waals surface area contributed by atoms with Crippen molar-refractivity contribution in [2.24, 2.45) is 0 Å². The lowest BCUT2D eigenvalue weighted by molar-refractivity contribution is 0.0982. The van der Waals surface area contributed by atoms with Gasteiger partial charge in [-0.3, -0.25) is 10.1 Å². The maximum absolute atomic E-state index is 12.8. The number of nitrogens with one attached hydrogen (secondary N) is 2. The number of ether oxygens (including phenoxy) is 1. The number of hydrogen-bond donors (Lipinski definition) is 2. The largest absolute Gasteiger partial charge is 0.495 e. The smallest absolute Gasteiger partial charge is 0.269 e.